The molecule has 1 N–H and O–H groups in total. The number of anilines is 1. The fourth-order valence-corrected chi connectivity index (χ4v) is 7.38. The monoisotopic (exact) mass is 472 g/mol. The van der Waals surface area contributed by atoms with Gasteiger partial charge in [0.1, 0.15) is 11.2 Å². The van der Waals surface area contributed by atoms with Gasteiger partial charge in [-0.3, -0.25) is 4.79 Å². The molecule has 184 valence electrons. The molecule has 1 aromatic heterocycles. The smallest absolute Gasteiger partial charge is 0.322 e. The number of methoxy groups -OCH3 is 2. The topological polar surface area (TPSA) is 54.6 Å². The van der Waals surface area contributed by atoms with Crippen molar-refractivity contribution in [2.75, 3.05) is 26.2 Å². The number of esters is 1. The van der Waals surface area contributed by atoms with Gasteiger partial charge in [0.25, 0.3) is 0 Å². The highest BCUT2D eigenvalue weighted by Crippen LogP contribution is 2.53. The van der Waals surface area contributed by atoms with Crippen LogP contribution in [-0.4, -0.2) is 38.3 Å². The van der Waals surface area contributed by atoms with Crippen LogP contribution in [-0.2, 0) is 21.4 Å². The second-order valence-corrected chi connectivity index (χ2v) is 10.7. The number of nitrogens with zero attached hydrogens (tertiary/aromatic N) is 1. The summed E-state index contributed by atoms with van der Waals surface area (Å²) in [6, 6.07) is 13.5. The van der Waals surface area contributed by atoms with Gasteiger partial charge in [-0.05, 0) is 55.4 Å². The van der Waals surface area contributed by atoms with Gasteiger partial charge in [0.15, 0.2) is 0 Å². The van der Waals surface area contributed by atoms with E-state index < -0.39 is 5.41 Å². The maximum atomic E-state index is 14.0. The summed E-state index contributed by atoms with van der Waals surface area (Å²) in [5.41, 5.74) is 5.99. The maximum Gasteiger partial charge on any atom is 0.322 e. The van der Waals surface area contributed by atoms with Gasteiger partial charge in [-0.2, -0.15) is 0 Å². The van der Waals surface area contributed by atoms with Crippen molar-refractivity contribution in [1.82, 2.24) is 4.98 Å². The average Bonchev–Trinajstić information content (AvgIpc) is 3.39. The molecule has 3 unspecified atom stereocenters. The Bertz CT molecular complexity index is 1280. The largest absolute Gasteiger partial charge is 0.496 e. The molecule has 0 spiro atoms. The summed E-state index contributed by atoms with van der Waals surface area (Å²) in [5, 5.41) is 1.21. The zero-order valence-electron chi connectivity index (χ0n) is 21.2. The van der Waals surface area contributed by atoms with Crippen LogP contribution >= 0.6 is 0 Å². The number of benzene rings is 2. The Balaban J connectivity index is 1.64. The summed E-state index contributed by atoms with van der Waals surface area (Å²) in [6.45, 7) is 0. The summed E-state index contributed by atoms with van der Waals surface area (Å²) in [5.74, 6) is 1.10. The van der Waals surface area contributed by atoms with Crippen molar-refractivity contribution in [2.45, 2.75) is 75.2 Å². The number of aromatic amines is 1. The van der Waals surface area contributed by atoms with E-state index in [9.17, 15) is 4.79 Å². The number of H-pyrrole nitrogens is 1. The highest BCUT2D eigenvalue weighted by molar-refractivity contribution is 5.94. The van der Waals surface area contributed by atoms with Gasteiger partial charge in [-0.15, -0.1) is 0 Å². The fourth-order valence-electron chi connectivity index (χ4n) is 7.38. The minimum atomic E-state index is -0.921. The molecule has 5 heteroatoms. The standard InChI is InChI=1S/C30H36N2O3/c1-32-25-15-9-7-12-20(25)22-17-23(27(34-2)18-26(22)32)30(29(33)35-3)16-10-4-5-13-21-19-11-6-8-14-24(19)31-28(21)30/h6,8,11,14,17-18,20,25,31H,4-5,7,9-10,12-13,15-16H2,1-3H3. The quantitative estimate of drug-likeness (QED) is 0.459. The predicted molar refractivity (Wildman–Crippen MR) is 140 cm³/mol. The highest BCUT2D eigenvalue weighted by Gasteiger charge is 2.50. The molecule has 0 bridgehead atoms. The number of ether oxygens (including phenoxy) is 2. The summed E-state index contributed by atoms with van der Waals surface area (Å²) in [6.07, 6.45) is 9.84. The van der Waals surface area contributed by atoms with Gasteiger partial charge >= 0.3 is 5.97 Å². The molecule has 3 aromatic rings. The van der Waals surface area contributed by atoms with Crippen molar-refractivity contribution >= 4 is 22.6 Å². The van der Waals surface area contributed by atoms with Crippen molar-refractivity contribution in [1.29, 1.82) is 0 Å². The molecule has 3 aliphatic rings. The number of aryl methyl sites for hydroxylation is 1. The van der Waals surface area contributed by atoms with Gasteiger partial charge in [0.2, 0.25) is 0 Å². The number of hydrogen-bond donors (Lipinski definition) is 1. The maximum absolute atomic E-state index is 14.0. The Morgan fingerprint density at radius 2 is 1.89 bits per heavy atom. The Hall–Kier alpha value is -2.95. The first-order chi connectivity index (χ1) is 17.1. The van der Waals surface area contributed by atoms with E-state index in [0.717, 1.165) is 48.2 Å². The summed E-state index contributed by atoms with van der Waals surface area (Å²) >= 11 is 0. The molecule has 2 aromatic carbocycles. The van der Waals surface area contributed by atoms with Gasteiger partial charge in [-0.25, -0.2) is 0 Å². The lowest BCUT2D eigenvalue weighted by molar-refractivity contribution is -0.146. The van der Waals surface area contributed by atoms with E-state index in [1.54, 1.807) is 7.11 Å². The summed E-state index contributed by atoms with van der Waals surface area (Å²) in [7, 11) is 5.47. The average molecular weight is 473 g/mol. The third-order valence-corrected chi connectivity index (χ3v) is 9.07. The van der Waals surface area contributed by atoms with E-state index in [4.69, 9.17) is 9.47 Å². The fraction of sp³-hybridized carbons (Fsp3) is 0.500. The number of para-hydroxylation sites is 1. The van der Waals surface area contributed by atoms with E-state index in [1.165, 1.54) is 55.0 Å². The zero-order chi connectivity index (χ0) is 24.2. The van der Waals surface area contributed by atoms with Crippen LogP contribution in [0.15, 0.2) is 36.4 Å². The van der Waals surface area contributed by atoms with E-state index in [-0.39, 0.29) is 5.97 Å². The van der Waals surface area contributed by atoms with Crippen LogP contribution in [0.2, 0.25) is 0 Å². The molecule has 1 aliphatic heterocycles. The first kappa shape index (κ1) is 22.5. The minimum absolute atomic E-state index is 0.197. The molecule has 1 fully saturated rings. The van der Waals surface area contributed by atoms with Crippen molar-refractivity contribution in [3.05, 3.63) is 58.8 Å². The lowest BCUT2D eigenvalue weighted by Crippen LogP contribution is -2.40. The lowest BCUT2D eigenvalue weighted by Gasteiger charge is -2.35. The van der Waals surface area contributed by atoms with Gasteiger partial charge in [-0.1, -0.05) is 43.9 Å². The first-order valence-corrected chi connectivity index (χ1v) is 13.2. The van der Waals surface area contributed by atoms with Crippen molar-refractivity contribution in [3.8, 4) is 5.75 Å². The molecule has 35 heavy (non-hydrogen) atoms. The third-order valence-electron chi connectivity index (χ3n) is 9.07. The SMILES string of the molecule is COC(=O)C1(c2cc3c(cc2OC)N(C)C2CCCCC32)CCCCCc2c1[nH]c1ccccc21. The number of fused-ring (bicyclic) bond motifs is 6. The number of rotatable bonds is 3. The highest BCUT2D eigenvalue weighted by atomic mass is 16.5. The van der Waals surface area contributed by atoms with Gasteiger partial charge < -0.3 is 19.4 Å². The van der Waals surface area contributed by atoms with Crippen LogP contribution in [0.1, 0.15) is 79.7 Å². The van der Waals surface area contributed by atoms with Crippen molar-refractivity contribution in [3.63, 3.8) is 0 Å². The summed E-state index contributed by atoms with van der Waals surface area (Å²) < 4.78 is 11.7. The number of likely N-dealkylation sites (N-methyl/N-ethyl adjacent to an activating group) is 1. The number of carbonyl (C=O) groups excluding carboxylic acids is 1. The molecular weight excluding hydrogens is 436 g/mol. The molecule has 5 nitrogen and oxygen atoms in total. The van der Waals surface area contributed by atoms with Gasteiger partial charge in [0.05, 0.1) is 14.2 Å². The van der Waals surface area contributed by atoms with Crippen molar-refractivity contribution in [2.24, 2.45) is 0 Å². The molecule has 0 saturated heterocycles. The third kappa shape index (κ3) is 3.23. The zero-order valence-corrected chi connectivity index (χ0v) is 21.2. The van der Waals surface area contributed by atoms with Crippen LogP contribution in [0.5, 0.6) is 5.75 Å². The molecule has 2 aliphatic carbocycles. The van der Waals surface area contributed by atoms with Crippen LogP contribution in [0, 0.1) is 0 Å². The van der Waals surface area contributed by atoms with E-state index in [2.05, 4.69) is 53.3 Å². The van der Waals surface area contributed by atoms with E-state index in [0.29, 0.717) is 18.4 Å². The minimum Gasteiger partial charge on any atom is -0.496 e. The lowest BCUT2D eigenvalue weighted by atomic mass is 9.69. The molecule has 0 radical (unpaired) electrons. The molecular formula is C30H36N2O3. The first-order valence-electron chi connectivity index (χ1n) is 13.2. The number of hydrogen-bond acceptors (Lipinski definition) is 4. The molecule has 3 atom stereocenters. The number of nitrogens with one attached hydrogen (secondary N) is 1. The van der Waals surface area contributed by atoms with Crippen LogP contribution in [0.25, 0.3) is 10.9 Å². The molecule has 0 amide bonds. The van der Waals surface area contributed by atoms with Crippen LogP contribution < -0.4 is 9.64 Å². The predicted octanol–water partition coefficient (Wildman–Crippen LogP) is 6.23. The van der Waals surface area contributed by atoms with Crippen LogP contribution in [0.4, 0.5) is 5.69 Å². The van der Waals surface area contributed by atoms with Crippen molar-refractivity contribution < 1.29 is 14.3 Å². The molecule has 1 saturated carbocycles. The molecule has 6 rings (SSSR count). The Kier molecular flexibility index (Phi) is 5.54. The van der Waals surface area contributed by atoms with Gasteiger partial charge in [0, 0.05) is 52.9 Å². The molecule has 2 heterocycles. The van der Waals surface area contributed by atoms with Crippen LogP contribution in [0.3, 0.4) is 0 Å². The second-order valence-electron chi connectivity index (χ2n) is 10.7. The van der Waals surface area contributed by atoms with E-state index >= 15 is 0 Å². The Morgan fingerprint density at radius 3 is 2.71 bits per heavy atom. The number of carbonyl (C=O) groups is 1. The Morgan fingerprint density at radius 1 is 1.06 bits per heavy atom. The van der Waals surface area contributed by atoms with E-state index in [1.807, 2.05) is 0 Å². The normalized spacial score (nSPS) is 25.9. The summed E-state index contributed by atoms with van der Waals surface area (Å²) in [4.78, 5) is 20.2. The second kappa shape index (κ2) is 8.61. The Labute approximate surface area is 207 Å². The number of aromatic nitrogens is 1.